The van der Waals surface area contributed by atoms with Gasteiger partial charge in [-0.1, -0.05) is 31.2 Å². The maximum absolute atomic E-state index is 12.2. The number of carbonyl (C=O) groups excluding carboxylic acids is 2. The second-order valence-corrected chi connectivity index (χ2v) is 6.32. The van der Waals surface area contributed by atoms with Crippen molar-refractivity contribution in [3.05, 3.63) is 59.2 Å². The lowest BCUT2D eigenvalue weighted by Crippen LogP contribution is -2.31. The molecule has 0 aromatic heterocycles. The zero-order valence-corrected chi connectivity index (χ0v) is 15.5. The van der Waals surface area contributed by atoms with Crippen molar-refractivity contribution in [1.82, 2.24) is 5.32 Å². The summed E-state index contributed by atoms with van der Waals surface area (Å²) in [5.41, 5.74) is 2.56. The lowest BCUT2D eigenvalue weighted by molar-refractivity contribution is -0.124. The lowest BCUT2D eigenvalue weighted by atomic mass is 10.1. The summed E-state index contributed by atoms with van der Waals surface area (Å²) in [7, 11) is 0. The van der Waals surface area contributed by atoms with Crippen molar-refractivity contribution in [2.45, 2.75) is 26.3 Å². The number of rotatable bonds is 6. The minimum absolute atomic E-state index is 0.170. The molecule has 27 heavy (non-hydrogen) atoms. The molecule has 6 nitrogen and oxygen atoms in total. The molecule has 1 N–H and O–H groups in total. The van der Waals surface area contributed by atoms with Crippen LogP contribution in [0.2, 0.25) is 0 Å². The van der Waals surface area contributed by atoms with Crippen LogP contribution in [0.15, 0.2) is 42.5 Å². The van der Waals surface area contributed by atoms with Crippen molar-refractivity contribution in [2.75, 3.05) is 19.8 Å². The molecular formula is C21H23NO5. The summed E-state index contributed by atoms with van der Waals surface area (Å²) in [5, 5.41) is 2.83. The quantitative estimate of drug-likeness (QED) is 0.792. The molecule has 3 rings (SSSR count). The summed E-state index contributed by atoms with van der Waals surface area (Å²) in [4.78, 5) is 24.2. The molecule has 0 radical (unpaired) electrons. The number of esters is 1. The molecule has 0 fully saturated rings. The first-order valence-electron chi connectivity index (χ1n) is 9.01. The van der Waals surface area contributed by atoms with E-state index in [0.29, 0.717) is 30.3 Å². The van der Waals surface area contributed by atoms with Gasteiger partial charge in [0.15, 0.2) is 18.1 Å². The summed E-state index contributed by atoms with van der Waals surface area (Å²) < 4.78 is 16.0. The molecule has 6 heteroatoms. The molecule has 2 aromatic rings. The van der Waals surface area contributed by atoms with Gasteiger partial charge in [-0.15, -0.1) is 0 Å². The van der Waals surface area contributed by atoms with Crippen molar-refractivity contribution in [1.29, 1.82) is 0 Å². The standard InChI is InChI=1S/C21H23NO5/c1-3-15-4-6-16(7-5-15)14(2)22-20(23)13-27-21(24)17-8-9-18-19(12-17)26-11-10-25-18/h4-9,12,14H,3,10-11,13H2,1-2H3,(H,22,23)/t14-/m0/s1. The van der Waals surface area contributed by atoms with E-state index in [9.17, 15) is 9.59 Å². The Balaban J connectivity index is 1.51. The Labute approximate surface area is 158 Å². The second-order valence-electron chi connectivity index (χ2n) is 6.32. The molecule has 1 heterocycles. The van der Waals surface area contributed by atoms with E-state index in [-0.39, 0.29) is 18.6 Å². The Hall–Kier alpha value is -3.02. The first kappa shape index (κ1) is 18.8. The Morgan fingerprint density at radius 1 is 1.07 bits per heavy atom. The van der Waals surface area contributed by atoms with E-state index in [1.165, 1.54) is 5.56 Å². The number of carbonyl (C=O) groups is 2. The Kier molecular flexibility index (Phi) is 5.96. The van der Waals surface area contributed by atoms with Crippen LogP contribution in [-0.4, -0.2) is 31.7 Å². The van der Waals surface area contributed by atoms with Crippen LogP contribution in [0, 0.1) is 0 Å². The van der Waals surface area contributed by atoms with E-state index in [1.807, 2.05) is 31.2 Å². The molecule has 0 bridgehead atoms. The van der Waals surface area contributed by atoms with E-state index in [1.54, 1.807) is 18.2 Å². The molecule has 0 saturated carbocycles. The largest absolute Gasteiger partial charge is 0.486 e. The van der Waals surface area contributed by atoms with Crippen LogP contribution in [0.4, 0.5) is 0 Å². The number of fused-ring (bicyclic) bond motifs is 1. The Morgan fingerprint density at radius 2 is 1.78 bits per heavy atom. The van der Waals surface area contributed by atoms with Crippen molar-refractivity contribution < 1.29 is 23.8 Å². The van der Waals surface area contributed by atoms with Gasteiger partial charge in [0, 0.05) is 0 Å². The van der Waals surface area contributed by atoms with Gasteiger partial charge in [-0.25, -0.2) is 4.79 Å². The average molecular weight is 369 g/mol. The Bertz CT molecular complexity index is 816. The van der Waals surface area contributed by atoms with E-state index < -0.39 is 5.97 Å². The fourth-order valence-corrected chi connectivity index (χ4v) is 2.79. The molecular weight excluding hydrogens is 346 g/mol. The molecule has 1 atom stereocenters. The van der Waals surface area contributed by atoms with Gasteiger partial charge in [-0.3, -0.25) is 4.79 Å². The van der Waals surface area contributed by atoms with Crippen molar-refractivity contribution in [2.24, 2.45) is 0 Å². The number of nitrogens with one attached hydrogen (secondary N) is 1. The zero-order valence-electron chi connectivity index (χ0n) is 15.5. The molecule has 1 aliphatic heterocycles. The molecule has 1 amide bonds. The summed E-state index contributed by atoms with van der Waals surface area (Å²) in [5.74, 6) is 0.165. The molecule has 2 aromatic carbocycles. The monoisotopic (exact) mass is 369 g/mol. The predicted octanol–water partition coefficient (Wildman–Crippen LogP) is 3.05. The van der Waals surface area contributed by atoms with Gasteiger partial charge >= 0.3 is 5.97 Å². The van der Waals surface area contributed by atoms with Gasteiger partial charge in [-0.2, -0.15) is 0 Å². The molecule has 0 unspecified atom stereocenters. The third-order valence-electron chi connectivity index (χ3n) is 4.38. The normalized spacial score (nSPS) is 13.6. The fraction of sp³-hybridized carbons (Fsp3) is 0.333. The van der Waals surface area contributed by atoms with E-state index in [4.69, 9.17) is 14.2 Å². The van der Waals surface area contributed by atoms with Gasteiger partial charge in [0.05, 0.1) is 11.6 Å². The summed E-state index contributed by atoms with van der Waals surface area (Å²) in [6.45, 7) is 4.56. The number of benzene rings is 2. The fourth-order valence-electron chi connectivity index (χ4n) is 2.79. The topological polar surface area (TPSA) is 73.9 Å². The third kappa shape index (κ3) is 4.78. The van der Waals surface area contributed by atoms with Crippen molar-refractivity contribution >= 4 is 11.9 Å². The van der Waals surface area contributed by atoms with E-state index in [2.05, 4.69) is 12.2 Å². The number of amides is 1. The molecule has 142 valence electrons. The highest BCUT2D eigenvalue weighted by molar-refractivity contribution is 5.92. The van der Waals surface area contributed by atoms with Gasteiger partial charge in [0.1, 0.15) is 13.2 Å². The maximum atomic E-state index is 12.2. The van der Waals surface area contributed by atoms with Crippen molar-refractivity contribution in [3.8, 4) is 11.5 Å². The minimum atomic E-state index is -0.581. The Morgan fingerprint density at radius 3 is 2.48 bits per heavy atom. The van der Waals surface area contributed by atoms with Crippen LogP contribution in [0.5, 0.6) is 11.5 Å². The molecule has 1 aliphatic rings. The molecule has 0 saturated heterocycles. The number of aryl methyl sites for hydroxylation is 1. The van der Waals surface area contributed by atoms with Crippen LogP contribution in [0.25, 0.3) is 0 Å². The van der Waals surface area contributed by atoms with Crippen molar-refractivity contribution in [3.63, 3.8) is 0 Å². The van der Waals surface area contributed by atoms with Crippen LogP contribution in [0.3, 0.4) is 0 Å². The van der Waals surface area contributed by atoms with E-state index in [0.717, 1.165) is 12.0 Å². The maximum Gasteiger partial charge on any atom is 0.338 e. The number of hydrogen-bond acceptors (Lipinski definition) is 5. The first-order chi connectivity index (χ1) is 13.1. The smallest absolute Gasteiger partial charge is 0.338 e. The van der Waals surface area contributed by atoms with Gasteiger partial charge in [-0.05, 0) is 42.7 Å². The summed E-state index contributed by atoms with van der Waals surface area (Å²) >= 11 is 0. The minimum Gasteiger partial charge on any atom is -0.486 e. The van der Waals surface area contributed by atoms with Crippen LogP contribution in [0.1, 0.15) is 41.4 Å². The van der Waals surface area contributed by atoms with Gasteiger partial charge in [0.2, 0.25) is 0 Å². The highest BCUT2D eigenvalue weighted by Crippen LogP contribution is 2.30. The van der Waals surface area contributed by atoms with Crippen LogP contribution < -0.4 is 14.8 Å². The predicted molar refractivity (Wildman–Crippen MR) is 100 cm³/mol. The zero-order chi connectivity index (χ0) is 19.2. The van der Waals surface area contributed by atoms with Gasteiger partial charge < -0.3 is 19.5 Å². The summed E-state index contributed by atoms with van der Waals surface area (Å²) in [6.07, 6.45) is 0.969. The number of hydrogen-bond donors (Lipinski definition) is 1. The average Bonchev–Trinajstić information content (AvgIpc) is 2.71. The molecule has 0 aliphatic carbocycles. The van der Waals surface area contributed by atoms with E-state index >= 15 is 0 Å². The third-order valence-corrected chi connectivity index (χ3v) is 4.38. The first-order valence-corrected chi connectivity index (χ1v) is 9.01. The molecule has 0 spiro atoms. The second kappa shape index (κ2) is 8.58. The SMILES string of the molecule is CCc1ccc([C@H](C)NC(=O)COC(=O)c2ccc3c(c2)OCCO3)cc1. The number of ether oxygens (including phenoxy) is 3. The van der Waals surface area contributed by atoms with Gasteiger partial charge in [0.25, 0.3) is 5.91 Å². The highest BCUT2D eigenvalue weighted by Gasteiger charge is 2.17. The summed E-state index contributed by atoms with van der Waals surface area (Å²) in [6, 6.07) is 12.7. The van der Waals surface area contributed by atoms with Crippen LogP contribution in [-0.2, 0) is 16.0 Å². The lowest BCUT2D eigenvalue weighted by Gasteiger charge is -2.18. The highest BCUT2D eigenvalue weighted by atomic mass is 16.6. The van der Waals surface area contributed by atoms with Crippen LogP contribution >= 0.6 is 0 Å².